The Morgan fingerprint density at radius 2 is 2.04 bits per heavy atom. The molecule has 24 heavy (non-hydrogen) atoms. The molecule has 0 fully saturated rings. The number of hydrogen-bond acceptors (Lipinski definition) is 3. The van der Waals surface area contributed by atoms with Gasteiger partial charge in [0.25, 0.3) is 0 Å². The van der Waals surface area contributed by atoms with Crippen LogP contribution >= 0.6 is 0 Å². The van der Waals surface area contributed by atoms with Gasteiger partial charge in [-0.25, -0.2) is 4.79 Å². The van der Waals surface area contributed by atoms with Gasteiger partial charge in [-0.2, -0.15) is 0 Å². The number of methoxy groups -OCH3 is 1. The largest absolute Gasteiger partial charge is 0.497 e. The predicted molar refractivity (Wildman–Crippen MR) is 95.5 cm³/mol. The molecule has 0 saturated heterocycles. The molecule has 128 valence electrons. The molecule has 0 heterocycles. The van der Waals surface area contributed by atoms with Gasteiger partial charge >= 0.3 is 6.03 Å². The highest BCUT2D eigenvalue weighted by Crippen LogP contribution is 2.19. The summed E-state index contributed by atoms with van der Waals surface area (Å²) in [6, 6.07) is 12.6. The summed E-state index contributed by atoms with van der Waals surface area (Å²) in [5.74, 6) is 0.669. The Bertz CT molecular complexity index is 701. The Labute approximate surface area is 142 Å². The summed E-state index contributed by atoms with van der Waals surface area (Å²) in [5.41, 5.74) is 3.84. The highest BCUT2D eigenvalue weighted by molar-refractivity contribution is 5.89. The van der Waals surface area contributed by atoms with Crippen LogP contribution in [0.5, 0.6) is 5.75 Å². The summed E-state index contributed by atoms with van der Waals surface area (Å²) in [6.07, 6.45) is 0.118. The lowest BCUT2D eigenvalue weighted by atomic mass is 10.1. The molecule has 2 aromatic carbocycles. The molecule has 0 saturated carbocycles. The number of carbonyl (C=O) groups is 1. The summed E-state index contributed by atoms with van der Waals surface area (Å²) in [7, 11) is 1.57. The normalized spacial score (nSPS) is 11.7. The van der Waals surface area contributed by atoms with Crippen LogP contribution in [-0.2, 0) is 6.42 Å². The number of aliphatic hydroxyl groups is 1. The van der Waals surface area contributed by atoms with Crippen molar-refractivity contribution in [1.82, 2.24) is 5.32 Å². The molecule has 5 nitrogen and oxygen atoms in total. The minimum Gasteiger partial charge on any atom is -0.497 e. The fourth-order valence-electron chi connectivity index (χ4n) is 2.46. The zero-order valence-corrected chi connectivity index (χ0v) is 14.3. The van der Waals surface area contributed by atoms with Gasteiger partial charge in [-0.3, -0.25) is 0 Å². The lowest BCUT2D eigenvalue weighted by Gasteiger charge is -2.14. The third-order valence-electron chi connectivity index (χ3n) is 3.92. The van der Waals surface area contributed by atoms with Gasteiger partial charge in [0.1, 0.15) is 5.75 Å². The van der Waals surface area contributed by atoms with Crippen LogP contribution in [0.15, 0.2) is 42.5 Å². The molecule has 0 aliphatic heterocycles. The SMILES string of the molecule is CCc1cc(NC(=O)NCC(O)c2cccc(OC)c2)ccc1C. The number of carbonyl (C=O) groups excluding carboxylic acids is 1. The molecule has 5 heteroatoms. The molecule has 0 aliphatic carbocycles. The lowest BCUT2D eigenvalue weighted by molar-refractivity contribution is 0.175. The first-order chi connectivity index (χ1) is 11.5. The zero-order valence-electron chi connectivity index (χ0n) is 14.3. The second-order valence-corrected chi connectivity index (χ2v) is 5.62. The van der Waals surface area contributed by atoms with Crippen molar-refractivity contribution in [3.8, 4) is 5.75 Å². The number of aliphatic hydroxyl groups excluding tert-OH is 1. The van der Waals surface area contributed by atoms with Gasteiger partial charge in [0, 0.05) is 12.2 Å². The maximum atomic E-state index is 12.0. The van der Waals surface area contributed by atoms with Crippen molar-refractivity contribution in [2.75, 3.05) is 19.0 Å². The van der Waals surface area contributed by atoms with Crippen molar-refractivity contribution in [1.29, 1.82) is 0 Å². The smallest absolute Gasteiger partial charge is 0.319 e. The van der Waals surface area contributed by atoms with Gasteiger partial charge in [-0.1, -0.05) is 25.1 Å². The fourth-order valence-corrected chi connectivity index (χ4v) is 2.46. The van der Waals surface area contributed by atoms with Crippen LogP contribution in [-0.4, -0.2) is 24.8 Å². The van der Waals surface area contributed by atoms with E-state index in [0.717, 1.165) is 12.1 Å². The van der Waals surface area contributed by atoms with Crippen LogP contribution in [0.2, 0.25) is 0 Å². The van der Waals surface area contributed by atoms with Crippen LogP contribution in [0, 0.1) is 6.92 Å². The molecule has 1 atom stereocenters. The van der Waals surface area contributed by atoms with E-state index < -0.39 is 6.10 Å². The first-order valence-corrected chi connectivity index (χ1v) is 8.00. The van der Waals surface area contributed by atoms with E-state index in [9.17, 15) is 9.90 Å². The molecule has 0 radical (unpaired) electrons. The number of aryl methyl sites for hydroxylation is 2. The van der Waals surface area contributed by atoms with Crippen LogP contribution < -0.4 is 15.4 Å². The predicted octanol–water partition coefficient (Wildman–Crippen LogP) is 3.42. The molecule has 0 aromatic heterocycles. The van der Waals surface area contributed by atoms with Crippen molar-refractivity contribution >= 4 is 11.7 Å². The van der Waals surface area contributed by atoms with Gasteiger partial charge in [0.2, 0.25) is 0 Å². The van der Waals surface area contributed by atoms with Crippen molar-refractivity contribution in [3.05, 3.63) is 59.2 Å². The number of ether oxygens (including phenoxy) is 1. The number of nitrogens with one attached hydrogen (secondary N) is 2. The van der Waals surface area contributed by atoms with Gasteiger partial charge < -0.3 is 20.5 Å². The van der Waals surface area contributed by atoms with Crippen LogP contribution in [0.1, 0.15) is 29.7 Å². The number of urea groups is 1. The third kappa shape index (κ3) is 4.73. The van der Waals surface area contributed by atoms with Gasteiger partial charge in [0.05, 0.1) is 13.2 Å². The molecule has 0 aliphatic rings. The number of benzene rings is 2. The number of amides is 2. The second-order valence-electron chi connectivity index (χ2n) is 5.62. The Morgan fingerprint density at radius 1 is 1.25 bits per heavy atom. The summed E-state index contributed by atoms with van der Waals surface area (Å²) in [6.45, 7) is 4.25. The van der Waals surface area contributed by atoms with E-state index in [1.165, 1.54) is 11.1 Å². The van der Waals surface area contributed by atoms with E-state index in [-0.39, 0.29) is 12.6 Å². The maximum Gasteiger partial charge on any atom is 0.319 e. The molecule has 2 rings (SSSR count). The van der Waals surface area contributed by atoms with Crippen molar-refractivity contribution < 1.29 is 14.6 Å². The van der Waals surface area contributed by atoms with Crippen molar-refractivity contribution in [2.45, 2.75) is 26.4 Å². The van der Waals surface area contributed by atoms with E-state index in [2.05, 4.69) is 17.6 Å². The molecule has 2 amide bonds. The van der Waals surface area contributed by atoms with E-state index in [1.54, 1.807) is 31.4 Å². The molecule has 1 unspecified atom stereocenters. The van der Waals surface area contributed by atoms with E-state index in [1.807, 2.05) is 25.1 Å². The van der Waals surface area contributed by atoms with Crippen LogP contribution in [0.3, 0.4) is 0 Å². The van der Waals surface area contributed by atoms with E-state index in [0.29, 0.717) is 11.3 Å². The Kier molecular flexibility index (Phi) is 6.21. The number of rotatable bonds is 6. The molecule has 0 spiro atoms. The topological polar surface area (TPSA) is 70.6 Å². The second kappa shape index (κ2) is 8.36. The summed E-state index contributed by atoms with van der Waals surface area (Å²) in [5, 5.41) is 15.6. The molecule has 3 N–H and O–H groups in total. The fraction of sp³-hybridized carbons (Fsp3) is 0.316. The highest BCUT2D eigenvalue weighted by Gasteiger charge is 2.11. The summed E-state index contributed by atoms with van der Waals surface area (Å²) in [4.78, 5) is 12.0. The first-order valence-electron chi connectivity index (χ1n) is 8.00. The minimum absolute atomic E-state index is 0.117. The third-order valence-corrected chi connectivity index (χ3v) is 3.92. The van der Waals surface area contributed by atoms with E-state index >= 15 is 0 Å². The number of hydrogen-bond donors (Lipinski definition) is 3. The molecule has 0 bridgehead atoms. The van der Waals surface area contributed by atoms with Gasteiger partial charge in [0.15, 0.2) is 0 Å². The summed E-state index contributed by atoms with van der Waals surface area (Å²) < 4.78 is 5.13. The average molecular weight is 328 g/mol. The lowest BCUT2D eigenvalue weighted by Crippen LogP contribution is -2.32. The standard InChI is InChI=1S/C19H24N2O3/c1-4-14-10-16(9-8-13(14)2)21-19(23)20-12-18(22)15-6-5-7-17(11-15)24-3/h5-11,18,22H,4,12H2,1-3H3,(H2,20,21,23). The average Bonchev–Trinajstić information content (AvgIpc) is 2.61. The highest BCUT2D eigenvalue weighted by atomic mass is 16.5. The quantitative estimate of drug-likeness (QED) is 0.761. The molecular weight excluding hydrogens is 304 g/mol. The minimum atomic E-state index is -0.796. The van der Waals surface area contributed by atoms with Crippen LogP contribution in [0.25, 0.3) is 0 Å². The molecular formula is C19H24N2O3. The Balaban J connectivity index is 1.90. The first kappa shape index (κ1) is 17.8. The van der Waals surface area contributed by atoms with E-state index in [4.69, 9.17) is 4.74 Å². The Hall–Kier alpha value is -2.53. The van der Waals surface area contributed by atoms with Crippen LogP contribution in [0.4, 0.5) is 10.5 Å². The maximum absolute atomic E-state index is 12.0. The Morgan fingerprint density at radius 3 is 2.75 bits per heavy atom. The van der Waals surface area contributed by atoms with Crippen molar-refractivity contribution in [3.63, 3.8) is 0 Å². The van der Waals surface area contributed by atoms with Gasteiger partial charge in [-0.15, -0.1) is 0 Å². The monoisotopic (exact) mass is 328 g/mol. The van der Waals surface area contributed by atoms with Gasteiger partial charge in [-0.05, 0) is 54.3 Å². The molecule has 2 aromatic rings. The zero-order chi connectivity index (χ0) is 17.5. The summed E-state index contributed by atoms with van der Waals surface area (Å²) >= 11 is 0. The van der Waals surface area contributed by atoms with Crippen molar-refractivity contribution in [2.24, 2.45) is 0 Å². The number of anilines is 1.